The molecule has 1 aromatic rings. The van der Waals surface area contributed by atoms with E-state index in [0.717, 1.165) is 12.1 Å². The molecule has 0 saturated carbocycles. The Kier molecular flexibility index (Phi) is 2.33. The van der Waals surface area contributed by atoms with Gasteiger partial charge in [0, 0.05) is 0 Å². The summed E-state index contributed by atoms with van der Waals surface area (Å²) in [5.41, 5.74) is 0. The fourth-order valence-corrected chi connectivity index (χ4v) is 2.84. The van der Waals surface area contributed by atoms with Gasteiger partial charge >= 0.3 is 64.0 Å². The first-order chi connectivity index (χ1) is 4.61. The van der Waals surface area contributed by atoms with Gasteiger partial charge < -0.3 is 0 Å². The van der Waals surface area contributed by atoms with Gasteiger partial charge in [0.25, 0.3) is 0 Å². The molecule has 0 heterocycles. The molecule has 54 valence electrons. The molecule has 0 amide bonds. The van der Waals surface area contributed by atoms with Gasteiger partial charge in [0.05, 0.1) is 0 Å². The van der Waals surface area contributed by atoms with Crippen molar-refractivity contribution in [1.29, 1.82) is 0 Å². The fraction of sp³-hybridized carbons (Fsp3) is 0. The molecule has 4 heteroatoms. The van der Waals surface area contributed by atoms with Gasteiger partial charge in [0.2, 0.25) is 0 Å². The summed E-state index contributed by atoms with van der Waals surface area (Å²) in [6.45, 7) is 0. The molecule has 10 heavy (non-hydrogen) atoms. The van der Waals surface area contributed by atoms with E-state index >= 15 is 0 Å². The summed E-state index contributed by atoms with van der Waals surface area (Å²) < 4.78 is 35.7. The molecule has 0 aliphatic rings. The summed E-state index contributed by atoms with van der Waals surface area (Å²) >= 11 is -6.33. The third-order valence-electron chi connectivity index (χ3n) is 1.10. The Bertz CT molecular complexity index is 204. The maximum atomic E-state index is 12.0. The van der Waals surface area contributed by atoms with E-state index in [2.05, 4.69) is 0 Å². The molecule has 0 unspecified atom stereocenters. The van der Waals surface area contributed by atoms with E-state index in [9.17, 15) is 7.53 Å². The van der Waals surface area contributed by atoms with Crippen LogP contribution in [0, 0.1) is 0 Å². The van der Waals surface area contributed by atoms with Crippen molar-refractivity contribution in [2.45, 2.75) is 0 Å². The summed E-state index contributed by atoms with van der Waals surface area (Å²) in [5.74, 6) is 0. The third kappa shape index (κ3) is 1.96. The van der Waals surface area contributed by atoms with Gasteiger partial charge in [-0.2, -0.15) is 0 Å². The first kappa shape index (κ1) is 8.03. The summed E-state index contributed by atoms with van der Waals surface area (Å²) in [6.07, 6.45) is 0. The second kappa shape index (κ2) is 2.90. The van der Waals surface area contributed by atoms with Crippen molar-refractivity contribution in [2.24, 2.45) is 0 Å². The average molecular weight is 341 g/mol. The zero-order valence-electron chi connectivity index (χ0n) is 5.02. The van der Waals surface area contributed by atoms with Crippen molar-refractivity contribution in [3.8, 4) is 0 Å². The van der Waals surface area contributed by atoms with Crippen molar-refractivity contribution < 1.29 is 7.53 Å². The van der Waals surface area contributed by atoms with E-state index < -0.39 is 23.1 Å². The molecule has 1 aromatic carbocycles. The Labute approximate surface area is 64.1 Å². The molecule has 0 spiro atoms. The van der Waals surface area contributed by atoms with E-state index in [1.54, 1.807) is 6.07 Å². The normalized spacial score (nSPS) is 11.5. The molecule has 0 nitrogen and oxygen atoms in total. The van der Waals surface area contributed by atoms with E-state index in [1.165, 1.54) is 12.1 Å². The van der Waals surface area contributed by atoms with Crippen molar-refractivity contribution >= 4 is 26.2 Å². The number of hydrogen-bond acceptors (Lipinski definition) is 0. The molecular formula is C6H5F3Pb. The molecule has 0 fully saturated rings. The van der Waals surface area contributed by atoms with Gasteiger partial charge in [-0.25, -0.2) is 0 Å². The van der Waals surface area contributed by atoms with Crippen molar-refractivity contribution in [1.82, 2.24) is 0 Å². The molecule has 0 N–H and O–H groups in total. The molecular weight excluding hydrogens is 336 g/mol. The van der Waals surface area contributed by atoms with Gasteiger partial charge in [0.1, 0.15) is 0 Å². The van der Waals surface area contributed by atoms with Crippen LogP contribution in [-0.2, 0) is 0 Å². The number of rotatable bonds is 1. The number of hydrogen-bond donors (Lipinski definition) is 0. The quantitative estimate of drug-likeness (QED) is 0.683. The van der Waals surface area contributed by atoms with Crippen LogP contribution >= 0.6 is 0 Å². The molecule has 0 radical (unpaired) electrons. The van der Waals surface area contributed by atoms with Gasteiger partial charge in [-0.3, -0.25) is 0 Å². The molecule has 1 rings (SSSR count). The minimum absolute atomic E-state index is 0.380. The number of benzene rings is 1. The average Bonchev–Trinajstić information content (AvgIpc) is 1.88. The van der Waals surface area contributed by atoms with E-state index in [1.807, 2.05) is 0 Å². The molecule has 0 bridgehead atoms. The predicted octanol–water partition coefficient (Wildman–Crippen LogP) is 1.74. The maximum absolute atomic E-state index is 12.0. The van der Waals surface area contributed by atoms with Gasteiger partial charge in [0.15, 0.2) is 0 Å². The third-order valence-corrected chi connectivity index (χ3v) is 4.94. The van der Waals surface area contributed by atoms with Crippen LogP contribution in [0.4, 0.5) is 7.53 Å². The van der Waals surface area contributed by atoms with Crippen LogP contribution in [0.3, 0.4) is 0 Å². The second-order valence-corrected chi connectivity index (χ2v) is 7.98. The van der Waals surface area contributed by atoms with E-state index in [4.69, 9.17) is 0 Å². The van der Waals surface area contributed by atoms with Gasteiger partial charge in [-0.05, 0) is 0 Å². The van der Waals surface area contributed by atoms with Crippen molar-refractivity contribution in [3.05, 3.63) is 30.3 Å². The van der Waals surface area contributed by atoms with Crippen molar-refractivity contribution in [2.75, 3.05) is 0 Å². The van der Waals surface area contributed by atoms with Crippen LogP contribution in [-0.4, -0.2) is 23.1 Å². The minimum atomic E-state index is -6.33. The Morgan fingerprint density at radius 2 is 1.40 bits per heavy atom. The molecule has 0 saturated heterocycles. The van der Waals surface area contributed by atoms with Crippen molar-refractivity contribution in [3.63, 3.8) is 0 Å². The Morgan fingerprint density at radius 3 is 1.70 bits per heavy atom. The molecule has 0 aromatic heterocycles. The first-order valence-corrected chi connectivity index (χ1v) is 9.08. The number of halogens is 3. The van der Waals surface area contributed by atoms with Crippen LogP contribution in [0.5, 0.6) is 0 Å². The summed E-state index contributed by atoms with van der Waals surface area (Å²) in [5, 5.41) is 0. The fourth-order valence-electron chi connectivity index (χ4n) is 0.627. The summed E-state index contributed by atoms with van der Waals surface area (Å²) in [7, 11) is 0. The summed E-state index contributed by atoms with van der Waals surface area (Å²) in [4.78, 5) is 0. The van der Waals surface area contributed by atoms with Crippen LogP contribution in [0.1, 0.15) is 0 Å². The Hall–Kier alpha value is -0.0679. The van der Waals surface area contributed by atoms with Crippen LogP contribution in [0.2, 0.25) is 0 Å². The molecule has 0 atom stereocenters. The van der Waals surface area contributed by atoms with E-state index in [-0.39, 0.29) is 3.12 Å². The zero-order chi connectivity index (χ0) is 7.61. The monoisotopic (exact) mass is 342 g/mol. The zero-order valence-corrected chi connectivity index (χ0v) is 8.91. The van der Waals surface area contributed by atoms with Crippen LogP contribution in [0.15, 0.2) is 30.3 Å². The first-order valence-electron chi connectivity index (χ1n) is 2.73. The second-order valence-electron chi connectivity index (χ2n) is 1.86. The van der Waals surface area contributed by atoms with Crippen LogP contribution in [0.25, 0.3) is 0 Å². The Balaban J connectivity index is 2.97. The van der Waals surface area contributed by atoms with Gasteiger partial charge in [-0.1, -0.05) is 0 Å². The molecule has 0 aliphatic heterocycles. The Morgan fingerprint density at radius 1 is 0.900 bits per heavy atom. The van der Waals surface area contributed by atoms with E-state index in [0.29, 0.717) is 0 Å². The van der Waals surface area contributed by atoms with Crippen LogP contribution < -0.4 is 3.12 Å². The summed E-state index contributed by atoms with van der Waals surface area (Å²) in [6, 6.07) is 6.71. The SMILES string of the molecule is [F][Pb]([F])([F])[c]1ccccc1. The standard InChI is InChI=1S/C6H5.3FH.Pb/c1-2-4-6-5-3-1;;;;/h1-5H;3*1H;/q;;;;+3/p-3. The topological polar surface area (TPSA) is 0 Å². The van der Waals surface area contributed by atoms with Gasteiger partial charge in [-0.15, -0.1) is 0 Å². The molecule has 0 aliphatic carbocycles. The predicted molar refractivity (Wildman–Crippen MR) is 35.2 cm³/mol.